The van der Waals surface area contributed by atoms with Crippen molar-refractivity contribution in [3.05, 3.63) is 29.8 Å². The Morgan fingerprint density at radius 1 is 1.27 bits per heavy atom. The molecular formula is C15H16F3N5OS2. The molecule has 4 N–H and O–H groups in total. The third-order valence-corrected chi connectivity index (χ3v) is 4.77. The van der Waals surface area contributed by atoms with Crippen LogP contribution in [0.5, 0.6) is 0 Å². The first-order valence-electron chi connectivity index (χ1n) is 7.23. The van der Waals surface area contributed by atoms with Crippen molar-refractivity contribution in [2.45, 2.75) is 16.2 Å². The number of rotatable bonds is 6. The second-order valence-corrected chi connectivity index (χ2v) is 6.70. The van der Waals surface area contributed by atoms with Crippen LogP contribution in [-0.4, -0.2) is 34.9 Å². The van der Waals surface area contributed by atoms with E-state index in [1.807, 2.05) is 6.26 Å². The average Bonchev–Trinajstić information content (AvgIpc) is 2.58. The lowest BCUT2D eigenvalue weighted by Crippen LogP contribution is -2.15. The summed E-state index contributed by atoms with van der Waals surface area (Å²) in [4.78, 5) is 20.3. The molecule has 1 amide bonds. The number of nitrogens with one attached hydrogen (secondary N) is 2. The quantitative estimate of drug-likeness (QED) is 0.501. The van der Waals surface area contributed by atoms with Crippen LogP contribution in [0.2, 0.25) is 0 Å². The van der Waals surface area contributed by atoms with Crippen molar-refractivity contribution in [3.63, 3.8) is 0 Å². The lowest BCUT2D eigenvalue weighted by molar-refractivity contribution is -0.137. The van der Waals surface area contributed by atoms with Crippen LogP contribution in [0.3, 0.4) is 0 Å². The number of amides is 1. The second-order valence-electron chi connectivity index (χ2n) is 4.94. The molecule has 1 aromatic heterocycles. The monoisotopic (exact) mass is 403 g/mol. The maximum absolute atomic E-state index is 12.7. The van der Waals surface area contributed by atoms with E-state index < -0.39 is 17.6 Å². The van der Waals surface area contributed by atoms with E-state index in [-0.39, 0.29) is 17.4 Å². The molecule has 0 saturated heterocycles. The second kappa shape index (κ2) is 8.49. The predicted molar refractivity (Wildman–Crippen MR) is 98.6 cm³/mol. The number of carbonyl (C=O) groups is 1. The van der Waals surface area contributed by atoms with E-state index in [9.17, 15) is 18.0 Å². The molecule has 6 nitrogen and oxygen atoms in total. The summed E-state index contributed by atoms with van der Waals surface area (Å²) in [5, 5.41) is 6.54. The van der Waals surface area contributed by atoms with Gasteiger partial charge in [-0.2, -0.15) is 13.2 Å². The zero-order valence-electron chi connectivity index (χ0n) is 13.8. The van der Waals surface area contributed by atoms with Crippen LogP contribution in [0.15, 0.2) is 34.3 Å². The van der Waals surface area contributed by atoms with Gasteiger partial charge in [-0.15, -0.1) is 11.8 Å². The molecule has 0 aliphatic heterocycles. The van der Waals surface area contributed by atoms with Crippen molar-refractivity contribution in [1.82, 2.24) is 9.97 Å². The van der Waals surface area contributed by atoms with Crippen LogP contribution < -0.4 is 16.4 Å². The maximum Gasteiger partial charge on any atom is 0.416 e. The lowest BCUT2D eigenvalue weighted by atomic mass is 10.2. The van der Waals surface area contributed by atoms with Gasteiger partial charge in [-0.1, -0.05) is 17.8 Å². The number of nitrogens with zero attached hydrogens (tertiary/aromatic N) is 2. The molecule has 2 rings (SSSR count). The first-order valence-corrected chi connectivity index (χ1v) is 9.44. The predicted octanol–water partition coefficient (Wildman–Crippen LogP) is 3.57. The molecule has 0 saturated carbocycles. The van der Waals surface area contributed by atoms with E-state index in [1.165, 1.54) is 23.9 Å². The van der Waals surface area contributed by atoms with Crippen molar-refractivity contribution < 1.29 is 18.0 Å². The topological polar surface area (TPSA) is 92.9 Å². The molecule has 2 aromatic rings. The Kier molecular flexibility index (Phi) is 6.59. The number of benzene rings is 1. The minimum Gasteiger partial charge on any atom is -0.384 e. The van der Waals surface area contributed by atoms with Crippen LogP contribution >= 0.6 is 23.5 Å². The van der Waals surface area contributed by atoms with Gasteiger partial charge in [0.05, 0.1) is 17.0 Å². The van der Waals surface area contributed by atoms with E-state index >= 15 is 0 Å². The smallest absolute Gasteiger partial charge is 0.384 e. The van der Waals surface area contributed by atoms with Crippen LogP contribution in [0.4, 0.5) is 30.5 Å². The third kappa shape index (κ3) is 5.18. The van der Waals surface area contributed by atoms with E-state index in [0.717, 1.165) is 23.9 Å². The number of aromatic nitrogens is 2. The summed E-state index contributed by atoms with van der Waals surface area (Å²) in [5.74, 6) is -0.428. The van der Waals surface area contributed by atoms with E-state index in [2.05, 4.69) is 20.6 Å². The van der Waals surface area contributed by atoms with Gasteiger partial charge in [0, 0.05) is 12.7 Å². The summed E-state index contributed by atoms with van der Waals surface area (Å²) < 4.78 is 38.1. The number of carbonyl (C=O) groups excluding carboxylic acids is 1. The zero-order valence-corrected chi connectivity index (χ0v) is 15.5. The van der Waals surface area contributed by atoms with Gasteiger partial charge >= 0.3 is 6.18 Å². The van der Waals surface area contributed by atoms with Crippen molar-refractivity contribution >= 4 is 46.8 Å². The molecule has 0 atom stereocenters. The normalized spacial score (nSPS) is 11.3. The number of alkyl halides is 3. The van der Waals surface area contributed by atoms with Crippen molar-refractivity contribution in [3.8, 4) is 0 Å². The van der Waals surface area contributed by atoms with Crippen molar-refractivity contribution in [2.24, 2.45) is 0 Å². The van der Waals surface area contributed by atoms with Crippen molar-refractivity contribution in [2.75, 3.05) is 35.4 Å². The molecule has 0 spiro atoms. The molecule has 0 aliphatic carbocycles. The lowest BCUT2D eigenvalue weighted by Gasteiger charge is -2.12. The van der Waals surface area contributed by atoms with Gasteiger partial charge in [-0.3, -0.25) is 4.79 Å². The SMILES string of the molecule is CNc1c(SC)nc(N)nc1SCC(=O)Nc1cccc(C(F)(F)F)c1. The Morgan fingerprint density at radius 2 is 1.96 bits per heavy atom. The summed E-state index contributed by atoms with van der Waals surface area (Å²) >= 11 is 2.49. The Balaban J connectivity index is 2.07. The highest BCUT2D eigenvalue weighted by Crippen LogP contribution is 2.33. The Bertz CT molecular complexity index is 801. The summed E-state index contributed by atoms with van der Waals surface area (Å²) in [6.07, 6.45) is -2.64. The van der Waals surface area contributed by atoms with Gasteiger partial charge < -0.3 is 16.4 Å². The molecular weight excluding hydrogens is 387 g/mol. The van der Waals surface area contributed by atoms with Crippen molar-refractivity contribution in [1.29, 1.82) is 0 Å². The largest absolute Gasteiger partial charge is 0.416 e. The number of hydrogen-bond acceptors (Lipinski definition) is 7. The highest BCUT2D eigenvalue weighted by molar-refractivity contribution is 8.00. The minimum atomic E-state index is -4.47. The molecule has 0 aliphatic rings. The molecule has 26 heavy (non-hydrogen) atoms. The van der Waals surface area contributed by atoms with E-state index in [4.69, 9.17) is 5.73 Å². The minimum absolute atomic E-state index is 0.0464. The molecule has 1 heterocycles. The molecule has 140 valence electrons. The van der Waals surface area contributed by atoms with E-state index in [0.29, 0.717) is 15.7 Å². The Morgan fingerprint density at radius 3 is 2.58 bits per heavy atom. The first kappa shape index (κ1) is 20.2. The highest BCUT2D eigenvalue weighted by Gasteiger charge is 2.30. The van der Waals surface area contributed by atoms with Crippen LogP contribution in [0.25, 0.3) is 0 Å². The van der Waals surface area contributed by atoms with Crippen LogP contribution in [-0.2, 0) is 11.0 Å². The Labute approximate surface area is 156 Å². The number of thioether (sulfide) groups is 2. The van der Waals surface area contributed by atoms with Gasteiger partial charge in [0.2, 0.25) is 11.9 Å². The fraction of sp³-hybridized carbons (Fsp3) is 0.267. The van der Waals surface area contributed by atoms with Crippen LogP contribution in [0.1, 0.15) is 5.56 Å². The fourth-order valence-corrected chi connectivity index (χ4v) is 3.50. The molecule has 0 bridgehead atoms. The molecule has 1 aromatic carbocycles. The average molecular weight is 403 g/mol. The summed E-state index contributed by atoms with van der Waals surface area (Å²) in [5.41, 5.74) is 5.55. The summed E-state index contributed by atoms with van der Waals surface area (Å²) in [7, 11) is 1.70. The number of anilines is 3. The zero-order chi connectivity index (χ0) is 19.3. The van der Waals surface area contributed by atoms with Gasteiger partial charge in [-0.05, 0) is 24.5 Å². The summed E-state index contributed by atoms with van der Waals surface area (Å²) in [6.45, 7) is 0. The first-order chi connectivity index (χ1) is 12.2. The molecule has 0 unspecified atom stereocenters. The van der Waals surface area contributed by atoms with Crippen LogP contribution in [0, 0.1) is 0 Å². The number of nitrogen functional groups attached to an aromatic ring is 1. The molecule has 11 heteroatoms. The van der Waals surface area contributed by atoms with Gasteiger partial charge in [-0.25, -0.2) is 9.97 Å². The standard InChI is InChI=1S/C15H16F3N5OS2/c1-20-11-12(25-2)22-14(19)23-13(11)26-7-10(24)21-9-5-3-4-8(6-9)15(16,17)18/h3-6,20H,7H2,1-2H3,(H,21,24)(H2,19,22,23). The number of halogens is 3. The third-order valence-electron chi connectivity index (χ3n) is 3.12. The van der Waals surface area contributed by atoms with Gasteiger partial charge in [0.1, 0.15) is 10.1 Å². The Hall–Kier alpha value is -2.14. The highest BCUT2D eigenvalue weighted by atomic mass is 32.2. The molecule has 0 fully saturated rings. The maximum atomic E-state index is 12.7. The molecule has 0 radical (unpaired) electrons. The number of hydrogen-bond donors (Lipinski definition) is 3. The number of nitrogens with two attached hydrogens (primary N) is 1. The van der Waals surface area contributed by atoms with Gasteiger partial charge in [0.15, 0.2) is 0 Å². The van der Waals surface area contributed by atoms with Gasteiger partial charge in [0.25, 0.3) is 0 Å². The summed E-state index contributed by atoms with van der Waals surface area (Å²) in [6, 6.07) is 4.46. The fourth-order valence-electron chi connectivity index (χ4n) is 2.01. The van der Waals surface area contributed by atoms with E-state index in [1.54, 1.807) is 7.05 Å².